The average molecular weight is 308 g/mol. The molecule has 1 aromatic heterocycles. The molecule has 2 aromatic carbocycles. The van der Waals surface area contributed by atoms with Gasteiger partial charge in [0.1, 0.15) is 0 Å². The topological polar surface area (TPSA) is 101 Å². The highest BCUT2D eigenvalue weighted by molar-refractivity contribution is 5.66. The zero-order chi connectivity index (χ0) is 16.2. The lowest BCUT2D eigenvalue weighted by Gasteiger charge is -2.07. The summed E-state index contributed by atoms with van der Waals surface area (Å²) in [5.74, 6) is 0. The highest BCUT2D eigenvalue weighted by Crippen LogP contribution is 2.23. The number of non-ortho nitro benzene ring substituents is 1. The predicted octanol–water partition coefficient (Wildman–Crippen LogP) is 3.09. The zero-order valence-electron chi connectivity index (χ0n) is 11.9. The molecule has 23 heavy (non-hydrogen) atoms. The second-order valence-corrected chi connectivity index (χ2v) is 4.81. The third-order valence-corrected chi connectivity index (χ3v) is 3.20. The van der Waals surface area contributed by atoms with Gasteiger partial charge in [-0.25, -0.2) is 4.98 Å². The van der Waals surface area contributed by atoms with E-state index in [1.165, 1.54) is 18.3 Å². The van der Waals surface area contributed by atoms with Gasteiger partial charge in [0.05, 0.1) is 16.8 Å². The van der Waals surface area contributed by atoms with Crippen molar-refractivity contribution in [2.24, 2.45) is 0 Å². The second kappa shape index (κ2) is 6.10. The van der Waals surface area contributed by atoms with E-state index in [-0.39, 0.29) is 11.2 Å². The molecule has 0 aliphatic carbocycles. The van der Waals surface area contributed by atoms with Gasteiger partial charge in [-0.15, -0.1) is 0 Å². The third-order valence-electron chi connectivity index (χ3n) is 3.20. The van der Waals surface area contributed by atoms with Gasteiger partial charge in [-0.1, -0.05) is 18.2 Å². The summed E-state index contributed by atoms with van der Waals surface area (Å²) in [6, 6.07) is 13.7. The van der Waals surface area contributed by atoms with Crippen LogP contribution in [0.4, 0.5) is 17.1 Å². The summed E-state index contributed by atoms with van der Waals surface area (Å²) < 4.78 is 0. The number of aromatic nitrogens is 2. The van der Waals surface area contributed by atoms with Crippen molar-refractivity contribution in [2.45, 2.75) is 0 Å². The number of benzene rings is 2. The van der Waals surface area contributed by atoms with Crippen LogP contribution in [0, 0.1) is 10.1 Å². The van der Waals surface area contributed by atoms with E-state index < -0.39 is 4.92 Å². The molecule has 0 saturated heterocycles. The van der Waals surface area contributed by atoms with Crippen LogP contribution in [-0.4, -0.2) is 14.9 Å². The van der Waals surface area contributed by atoms with Gasteiger partial charge < -0.3 is 10.3 Å². The number of nitrogens with one attached hydrogen (secondary N) is 2. The van der Waals surface area contributed by atoms with E-state index in [9.17, 15) is 14.9 Å². The Morgan fingerprint density at radius 1 is 1.09 bits per heavy atom. The van der Waals surface area contributed by atoms with Crippen LogP contribution in [-0.2, 0) is 0 Å². The molecule has 0 unspecified atom stereocenters. The van der Waals surface area contributed by atoms with Gasteiger partial charge >= 0.3 is 0 Å². The molecule has 0 amide bonds. The monoisotopic (exact) mass is 308 g/mol. The van der Waals surface area contributed by atoms with E-state index in [2.05, 4.69) is 15.3 Å². The van der Waals surface area contributed by atoms with Gasteiger partial charge in [-0.05, 0) is 18.2 Å². The van der Waals surface area contributed by atoms with Gasteiger partial charge in [0, 0.05) is 35.3 Å². The van der Waals surface area contributed by atoms with Crippen molar-refractivity contribution < 1.29 is 4.92 Å². The molecule has 0 atom stereocenters. The molecular weight excluding hydrogens is 296 g/mol. The quantitative estimate of drug-likeness (QED) is 0.569. The Morgan fingerprint density at radius 3 is 2.52 bits per heavy atom. The molecule has 0 spiro atoms. The maximum Gasteiger partial charge on any atom is 0.271 e. The van der Waals surface area contributed by atoms with Gasteiger partial charge in [0.25, 0.3) is 11.2 Å². The molecule has 0 aliphatic heterocycles. The van der Waals surface area contributed by atoms with Crippen molar-refractivity contribution in [3.63, 3.8) is 0 Å². The van der Waals surface area contributed by atoms with Crippen LogP contribution in [0.1, 0.15) is 0 Å². The number of anilines is 2. The van der Waals surface area contributed by atoms with Gasteiger partial charge in [-0.2, -0.15) is 0 Å². The first-order valence-corrected chi connectivity index (χ1v) is 6.78. The van der Waals surface area contributed by atoms with E-state index in [0.717, 1.165) is 11.3 Å². The number of rotatable bonds is 4. The van der Waals surface area contributed by atoms with Gasteiger partial charge in [-0.3, -0.25) is 14.9 Å². The number of nitro benzene ring substituents is 1. The number of hydrogen-bond acceptors (Lipinski definition) is 5. The fraction of sp³-hybridized carbons (Fsp3) is 0. The Labute approximate surface area is 130 Å². The van der Waals surface area contributed by atoms with E-state index in [1.807, 2.05) is 24.3 Å². The minimum atomic E-state index is -0.434. The van der Waals surface area contributed by atoms with Crippen molar-refractivity contribution in [3.8, 4) is 11.3 Å². The standard InChI is InChI=1S/C16H12N4O3/c21-16-10-17-15(9-18-16)11-4-6-12(7-5-11)19-13-2-1-3-14(8-13)20(22)23/h1-10,19H,(H,18,21). The van der Waals surface area contributed by atoms with Gasteiger partial charge in [0.15, 0.2) is 0 Å². The van der Waals surface area contributed by atoms with Crippen LogP contribution in [0.5, 0.6) is 0 Å². The van der Waals surface area contributed by atoms with Crippen molar-refractivity contribution >= 4 is 17.1 Å². The van der Waals surface area contributed by atoms with E-state index in [1.54, 1.807) is 18.3 Å². The molecule has 0 radical (unpaired) electrons. The SMILES string of the molecule is O=c1cnc(-c2ccc(Nc3cccc([N+](=O)[O-])c3)cc2)c[nH]1. The molecule has 2 N–H and O–H groups in total. The number of H-pyrrole nitrogens is 1. The normalized spacial score (nSPS) is 10.3. The van der Waals surface area contributed by atoms with Crippen molar-refractivity contribution in [2.75, 3.05) is 5.32 Å². The van der Waals surface area contributed by atoms with Crippen LogP contribution < -0.4 is 10.9 Å². The summed E-state index contributed by atoms with van der Waals surface area (Å²) in [5.41, 5.74) is 2.71. The summed E-state index contributed by atoms with van der Waals surface area (Å²) in [7, 11) is 0. The molecule has 0 bridgehead atoms. The summed E-state index contributed by atoms with van der Waals surface area (Å²) in [4.78, 5) is 28.0. The fourth-order valence-electron chi connectivity index (χ4n) is 2.09. The van der Waals surface area contributed by atoms with Crippen LogP contribution in [0.15, 0.2) is 65.7 Å². The van der Waals surface area contributed by atoms with Crippen LogP contribution in [0.3, 0.4) is 0 Å². The lowest BCUT2D eigenvalue weighted by Crippen LogP contribution is -2.04. The van der Waals surface area contributed by atoms with Crippen molar-refractivity contribution in [3.05, 3.63) is 81.4 Å². The van der Waals surface area contributed by atoms with Gasteiger partial charge in [0.2, 0.25) is 0 Å². The summed E-state index contributed by atoms with van der Waals surface area (Å²) in [6.45, 7) is 0. The zero-order valence-corrected chi connectivity index (χ0v) is 11.9. The van der Waals surface area contributed by atoms with E-state index in [4.69, 9.17) is 0 Å². The largest absolute Gasteiger partial charge is 0.355 e. The lowest BCUT2D eigenvalue weighted by atomic mass is 10.1. The first-order valence-electron chi connectivity index (χ1n) is 6.78. The maximum absolute atomic E-state index is 11.0. The van der Waals surface area contributed by atoms with Crippen LogP contribution in [0.2, 0.25) is 0 Å². The van der Waals surface area contributed by atoms with Crippen LogP contribution >= 0.6 is 0 Å². The molecule has 0 saturated carbocycles. The van der Waals surface area contributed by atoms with Crippen LogP contribution in [0.25, 0.3) is 11.3 Å². The smallest absolute Gasteiger partial charge is 0.271 e. The average Bonchev–Trinajstić information content (AvgIpc) is 2.57. The van der Waals surface area contributed by atoms with Crippen molar-refractivity contribution in [1.29, 1.82) is 0 Å². The Balaban J connectivity index is 1.80. The summed E-state index contributed by atoms with van der Waals surface area (Å²) >= 11 is 0. The molecule has 1 heterocycles. The summed E-state index contributed by atoms with van der Waals surface area (Å²) in [6.07, 6.45) is 2.77. The Bertz CT molecular complexity index is 883. The molecule has 0 fully saturated rings. The molecule has 114 valence electrons. The molecule has 3 aromatic rings. The first kappa shape index (κ1) is 14.5. The maximum atomic E-state index is 11.0. The first-order chi connectivity index (χ1) is 11.1. The summed E-state index contributed by atoms with van der Waals surface area (Å²) in [5, 5.41) is 13.9. The minimum absolute atomic E-state index is 0.0315. The third kappa shape index (κ3) is 3.41. The highest BCUT2D eigenvalue weighted by Gasteiger charge is 2.06. The molecule has 0 aliphatic rings. The molecular formula is C16H12N4O3. The Hall–Kier alpha value is -3.48. The number of nitrogens with zero attached hydrogens (tertiary/aromatic N) is 2. The fourth-order valence-corrected chi connectivity index (χ4v) is 2.09. The second-order valence-electron chi connectivity index (χ2n) is 4.81. The van der Waals surface area contributed by atoms with E-state index >= 15 is 0 Å². The molecule has 7 nitrogen and oxygen atoms in total. The lowest BCUT2D eigenvalue weighted by molar-refractivity contribution is -0.384. The highest BCUT2D eigenvalue weighted by atomic mass is 16.6. The molecule has 7 heteroatoms. The number of hydrogen-bond donors (Lipinski definition) is 2. The van der Waals surface area contributed by atoms with Crippen molar-refractivity contribution in [1.82, 2.24) is 9.97 Å². The molecule has 3 rings (SSSR count). The Morgan fingerprint density at radius 2 is 1.87 bits per heavy atom. The van der Waals surface area contributed by atoms with E-state index in [0.29, 0.717) is 11.4 Å². The minimum Gasteiger partial charge on any atom is -0.355 e. The number of nitro groups is 1. The number of aromatic amines is 1. The Kier molecular flexibility index (Phi) is 3.84. The predicted molar refractivity (Wildman–Crippen MR) is 86.7 cm³/mol.